The number of rotatable bonds is 3. The van der Waals surface area contributed by atoms with Crippen LogP contribution in [-0.2, 0) is 6.54 Å². The summed E-state index contributed by atoms with van der Waals surface area (Å²) in [6.45, 7) is 0.239. The zero-order valence-electron chi connectivity index (χ0n) is 9.24. The minimum Gasteiger partial charge on any atom is -0.334 e. The fraction of sp³-hybridized carbons (Fsp3) is 0.417. The van der Waals surface area contributed by atoms with Gasteiger partial charge in [0.25, 0.3) is 0 Å². The van der Waals surface area contributed by atoms with Crippen molar-refractivity contribution in [3.05, 3.63) is 35.6 Å². The minimum absolute atomic E-state index is 0.134. The molecule has 1 N–H and O–H groups in total. The van der Waals surface area contributed by atoms with E-state index in [9.17, 15) is 9.18 Å². The second-order valence-corrected chi connectivity index (χ2v) is 4.09. The van der Waals surface area contributed by atoms with Crippen molar-refractivity contribution < 1.29 is 9.18 Å². The third-order valence-electron chi connectivity index (χ3n) is 2.80. The number of hydrogen-bond acceptors (Lipinski definition) is 1. The van der Waals surface area contributed by atoms with Crippen LogP contribution in [0, 0.1) is 5.82 Å². The maximum absolute atomic E-state index is 13.2. The van der Waals surface area contributed by atoms with Crippen molar-refractivity contribution >= 4 is 6.03 Å². The second-order valence-electron chi connectivity index (χ2n) is 4.09. The predicted octanol–water partition coefficient (Wildman–Crippen LogP) is 2.13. The number of carbonyl (C=O) groups excluding carboxylic acids is 1. The lowest BCUT2D eigenvalue weighted by Gasteiger charge is -2.17. The summed E-state index contributed by atoms with van der Waals surface area (Å²) in [7, 11) is 1.77. The Hall–Kier alpha value is -1.58. The van der Waals surface area contributed by atoms with Gasteiger partial charge in [-0.2, -0.15) is 0 Å². The van der Waals surface area contributed by atoms with Gasteiger partial charge in [-0.1, -0.05) is 18.2 Å². The summed E-state index contributed by atoms with van der Waals surface area (Å²) in [5.74, 6) is -0.281. The van der Waals surface area contributed by atoms with E-state index in [4.69, 9.17) is 0 Å². The number of benzene rings is 1. The van der Waals surface area contributed by atoms with Crippen LogP contribution < -0.4 is 5.32 Å². The Morgan fingerprint density at radius 3 is 2.81 bits per heavy atom. The molecule has 2 amide bonds. The van der Waals surface area contributed by atoms with E-state index in [-0.39, 0.29) is 18.4 Å². The quantitative estimate of drug-likeness (QED) is 0.834. The molecular formula is C12H15FN2O. The Labute approximate surface area is 94.3 Å². The smallest absolute Gasteiger partial charge is 0.317 e. The highest BCUT2D eigenvalue weighted by Gasteiger charge is 2.29. The van der Waals surface area contributed by atoms with Gasteiger partial charge < -0.3 is 10.2 Å². The summed E-state index contributed by atoms with van der Waals surface area (Å²) in [4.78, 5) is 13.3. The van der Waals surface area contributed by atoms with Gasteiger partial charge in [-0.15, -0.1) is 0 Å². The number of amides is 2. The van der Waals surface area contributed by atoms with Gasteiger partial charge in [0.05, 0.1) is 0 Å². The zero-order chi connectivity index (χ0) is 11.5. The van der Waals surface area contributed by atoms with Gasteiger partial charge in [0, 0.05) is 25.2 Å². The molecule has 0 atom stereocenters. The van der Waals surface area contributed by atoms with Crippen LogP contribution in [0.4, 0.5) is 9.18 Å². The molecule has 3 nitrogen and oxygen atoms in total. The van der Waals surface area contributed by atoms with Crippen LogP contribution in [0.1, 0.15) is 18.4 Å². The molecule has 1 aliphatic carbocycles. The Morgan fingerprint density at radius 1 is 1.50 bits per heavy atom. The number of nitrogens with zero attached hydrogens (tertiary/aromatic N) is 1. The highest BCUT2D eigenvalue weighted by atomic mass is 19.1. The third-order valence-corrected chi connectivity index (χ3v) is 2.80. The van der Waals surface area contributed by atoms with Crippen LogP contribution in [0.2, 0.25) is 0 Å². The Morgan fingerprint density at radius 2 is 2.19 bits per heavy atom. The molecule has 0 saturated heterocycles. The highest BCUT2D eigenvalue weighted by molar-refractivity contribution is 5.74. The van der Waals surface area contributed by atoms with E-state index in [0.29, 0.717) is 11.6 Å². The van der Waals surface area contributed by atoms with Crippen molar-refractivity contribution in [3.8, 4) is 0 Å². The van der Waals surface area contributed by atoms with Crippen molar-refractivity contribution in [2.45, 2.75) is 25.4 Å². The zero-order valence-corrected chi connectivity index (χ0v) is 9.24. The third kappa shape index (κ3) is 2.51. The topological polar surface area (TPSA) is 32.3 Å². The van der Waals surface area contributed by atoms with E-state index in [0.717, 1.165) is 12.8 Å². The lowest BCUT2D eigenvalue weighted by Crippen LogP contribution is -2.38. The van der Waals surface area contributed by atoms with Gasteiger partial charge in [-0.05, 0) is 18.9 Å². The normalized spacial score (nSPS) is 14.6. The van der Waals surface area contributed by atoms with Crippen LogP contribution in [0.3, 0.4) is 0 Å². The molecule has 0 radical (unpaired) electrons. The first-order chi connectivity index (χ1) is 7.68. The molecule has 0 aliphatic heterocycles. The van der Waals surface area contributed by atoms with Crippen LogP contribution in [0.5, 0.6) is 0 Å². The van der Waals surface area contributed by atoms with Crippen molar-refractivity contribution in [2.75, 3.05) is 7.05 Å². The van der Waals surface area contributed by atoms with Crippen molar-refractivity contribution in [1.82, 2.24) is 10.2 Å². The number of hydrogen-bond donors (Lipinski definition) is 1. The minimum atomic E-state index is -0.281. The first kappa shape index (κ1) is 10.9. The first-order valence-corrected chi connectivity index (χ1v) is 5.42. The molecule has 0 heterocycles. The average Bonchev–Trinajstić information content (AvgIpc) is 3.10. The summed E-state index contributed by atoms with van der Waals surface area (Å²) in [6.07, 6.45) is 2.15. The average molecular weight is 222 g/mol. The lowest BCUT2D eigenvalue weighted by molar-refractivity contribution is 0.206. The van der Waals surface area contributed by atoms with Crippen molar-refractivity contribution in [3.63, 3.8) is 0 Å². The molecule has 0 unspecified atom stereocenters. The van der Waals surface area contributed by atoms with E-state index in [1.165, 1.54) is 6.07 Å². The SMILES string of the molecule is CN(C(=O)NCc1ccccc1F)C1CC1. The number of urea groups is 1. The van der Waals surface area contributed by atoms with E-state index in [1.807, 2.05) is 0 Å². The van der Waals surface area contributed by atoms with E-state index >= 15 is 0 Å². The summed E-state index contributed by atoms with van der Waals surface area (Å²) < 4.78 is 13.2. The summed E-state index contributed by atoms with van der Waals surface area (Å²) in [5, 5.41) is 2.71. The number of nitrogens with one attached hydrogen (secondary N) is 1. The maximum atomic E-state index is 13.2. The Bertz CT molecular complexity index is 390. The van der Waals surface area contributed by atoms with Crippen molar-refractivity contribution in [2.24, 2.45) is 0 Å². The van der Waals surface area contributed by atoms with E-state index in [1.54, 1.807) is 30.1 Å². The second kappa shape index (κ2) is 4.51. The standard InChI is InChI=1S/C12H15FN2O/c1-15(10-6-7-10)12(16)14-8-9-4-2-3-5-11(9)13/h2-5,10H,6-8H2,1H3,(H,14,16). The maximum Gasteiger partial charge on any atom is 0.317 e. The Kier molecular flexibility index (Phi) is 3.08. The van der Waals surface area contributed by atoms with Crippen LogP contribution in [0.25, 0.3) is 0 Å². The van der Waals surface area contributed by atoms with Gasteiger partial charge in [-0.25, -0.2) is 9.18 Å². The largest absolute Gasteiger partial charge is 0.334 e. The van der Waals surface area contributed by atoms with Crippen LogP contribution in [-0.4, -0.2) is 24.0 Å². The fourth-order valence-electron chi connectivity index (χ4n) is 1.56. The highest BCUT2D eigenvalue weighted by Crippen LogP contribution is 2.25. The fourth-order valence-corrected chi connectivity index (χ4v) is 1.56. The Balaban J connectivity index is 1.87. The number of halogens is 1. The van der Waals surface area contributed by atoms with Gasteiger partial charge in [-0.3, -0.25) is 0 Å². The molecule has 0 aromatic heterocycles. The van der Waals surface area contributed by atoms with Gasteiger partial charge in [0.15, 0.2) is 0 Å². The van der Waals surface area contributed by atoms with Crippen LogP contribution in [0.15, 0.2) is 24.3 Å². The first-order valence-electron chi connectivity index (χ1n) is 5.42. The van der Waals surface area contributed by atoms with E-state index in [2.05, 4.69) is 5.32 Å². The number of carbonyl (C=O) groups is 1. The van der Waals surface area contributed by atoms with Gasteiger partial charge in [0.2, 0.25) is 0 Å². The molecule has 0 spiro atoms. The summed E-state index contributed by atoms with van der Waals surface area (Å²) in [5.41, 5.74) is 0.514. The molecule has 0 bridgehead atoms. The lowest BCUT2D eigenvalue weighted by atomic mass is 10.2. The van der Waals surface area contributed by atoms with Gasteiger partial charge in [0.1, 0.15) is 5.82 Å². The molecule has 1 saturated carbocycles. The molecule has 86 valence electrons. The molecule has 1 aromatic rings. The molecular weight excluding hydrogens is 207 g/mol. The monoisotopic (exact) mass is 222 g/mol. The molecule has 1 aliphatic rings. The molecule has 16 heavy (non-hydrogen) atoms. The van der Waals surface area contributed by atoms with E-state index < -0.39 is 0 Å². The van der Waals surface area contributed by atoms with Crippen molar-refractivity contribution in [1.29, 1.82) is 0 Å². The summed E-state index contributed by atoms with van der Waals surface area (Å²) in [6, 6.07) is 6.71. The summed E-state index contributed by atoms with van der Waals surface area (Å²) >= 11 is 0. The predicted molar refractivity (Wildman–Crippen MR) is 59.4 cm³/mol. The molecule has 1 fully saturated rings. The van der Waals surface area contributed by atoms with Gasteiger partial charge >= 0.3 is 6.03 Å². The van der Waals surface area contributed by atoms with Crippen LogP contribution >= 0.6 is 0 Å². The molecule has 4 heteroatoms. The molecule has 2 rings (SSSR count). The molecule has 1 aromatic carbocycles.